The molecule has 0 aliphatic heterocycles. The second-order valence-electron chi connectivity index (χ2n) is 7.08. The van der Waals surface area contributed by atoms with Crippen LogP contribution in [0.3, 0.4) is 0 Å². The summed E-state index contributed by atoms with van der Waals surface area (Å²) in [7, 11) is 1.57. The van der Waals surface area contributed by atoms with E-state index in [1.54, 1.807) is 23.7 Å². The van der Waals surface area contributed by atoms with Crippen molar-refractivity contribution in [2.45, 2.75) is 6.61 Å². The number of benzene rings is 3. The standard InChI is InChI=1S/C24H16ClIN2O3S/c1-30-20-11-15(10-17(25)22(20)31-13-14-6-8-16(26)9-7-14)12-21-23(29)28-19-5-3-2-4-18(19)27-24(28)32-21/h2-12H,13H2,1H3/b21-12-. The topological polar surface area (TPSA) is 52.8 Å². The van der Waals surface area contributed by atoms with Crippen molar-refractivity contribution in [1.29, 1.82) is 0 Å². The molecule has 8 heteroatoms. The number of hydrogen-bond donors (Lipinski definition) is 0. The summed E-state index contributed by atoms with van der Waals surface area (Å²) in [4.78, 5) is 18.2. The summed E-state index contributed by atoms with van der Waals surface area (Å²) in [5, 5.41) is 0.417. The molecule has 0 aliphatic carbocycles. The van der Waals surface area contributed by atoms with Crippen LogP contribution in [0.4, 0.5) is 0 Å². The molecule has 5 rings (SSSR count). The van der Waals surface area contributed by atoms with E-state index in [9.17, 15) is 4.79 Å². The van der Waals surface area contributed by atoms with Crippen LogP contribution in [0.5, 0.6) is 11.5 Å². The van der Waals surface area contributed by atoms with E-state index in [1.807, 2.05) is 54.6 Å². The molecule has 0 N–H and O–H groups in total. The Labute approximate surface area is 206 Å². The Morgan fingerprint density at radius 2 is 1.94 bits per heavy atom. The van der Waals surface area contributed by atoms with Crippen molar-refractivity contribution >= 4 is 67.6 Å². The van der Waals surface area contributed by atoms with Gasteiger partial charge in [-0.3, -0.25) is 4.79 Å². The number of nitrogens with zero attached hydrogens (tertiary/aromatic N) is 2. The van der Waals surface area contributed by atoms with E-state index in [0.29, 0.717) is 32.6 Å². The number of methoxy groups -OCH3 is 1. The largest absolute Gasteiger partial charge is 0.493 e. The molecule has 160 valence electrons. The summed E-state index contributed by atoms with van der Waals surface area (Å²) >= 11 is 10.1. The van der Waals surface area contributed by atoms with Gasteiger partial charge in [-0.25, -0.2) is 9.38 Å². The molecule has 0 aliphatic rings. The average molecular weight is 575 g/mol. The smallest absolute Gasteiger partial charge is 0.274 e. The van der Waals surface area contributed by atoms with Crippen molar-refractivity contribution in [2.75, 3.05) is 7.11 Å². The van der Waals surface area contributed by atoms with Crippen LogP contribution in [0, 0.1) is 3.57 Å². The monoisotopic (exact) mass is 574 g/mol. The molecule has 2 aromatic heterocycles. The van der Waals surface area contributed by atoms with Crippen LogP contribution in [0.1, 0.15) is 11.1 Å². The predicted molar refractivity (Wildman–Crippen MR) is 137 cm³/mol. The quantitative estimate of drug-likeness (QED) is 0.267. The number of halogens is 2. The van der Waals surface area contributed by atoms with Gasteiger partial charge in [-0.2, -0.15) is 0 Å². The maximum absolute atomic E-state index is 13.0. The van der Waals surface area contributed by atoms with E-state index in [-0.39, 0.29) is 5.56 Å². The summed E-state index contributed by atoms with van der Waals surface area (Å²) in [6.07, 6.45) is 1.80. The fourth-order valence-corrected chi connectivity index (χ4v) is 5.08. The summed E-state index contributed by atoms with van der Waals surface area (Å²) in [5.41, 5.74) is 3.29. The highest BCUT2D eigenvalue weighted by atomic mass is 127. The third kappa shape index (κ3) is 3.96. The Morgan fingerprint density at radius 1 is 1.16 bits per heavy atom. The minimum absolute atomic E-state index is 0.104. The van der Waals surface area contributed by atoms with Crippen molar-refractivity contribution < 1.29 is 9.47 Å². The normalized spacial score (nSPS) is 12.0. The molecule has 5 aromatic rings. The molecule has 0 radical (unpaired) electrons. The Kier molecular flexibility index (Phi) is 5.79. The number of imidazole rings is 1. The number of ether oxygens (including phenoxy) is 2. The molecule has 2 heterocycles. The maximum Gasteiger partial charge on any atom is 0.274 e. The van der Waals surface area contributed by atoms with Gasteiger partial charge in [0.05, 0.1) is 27.7 Å². The van der Waals surface area contributed by atoms with Crippen molar-refractivity contribution in [3.05, 3.63) is 95.3 Å². The molecular weight excluding hydrogens is 559 g/mol. The molecule has 5 nitrogen and oxygen atoms in total. The van der Waals surface area contributed by atoms with Crippen molar-refractivity contribution in [2.24, 2.45) is 0 Å². The molecule has 0 saturated heterocycles. The number of para-hydroxylation sites is 2. The summed E-state index contributed by atoms with van der Waals surface area (Å²) < 4.78 is 14.8. The molecule has 0 bridgehead atoms. The Hall–Kier alpha value is -2.62. The zero-order chi connectivity index (χ0) is 22.2. The van der Waals surface area contributed by atoms with Gasteiger partial charge >= 0.3 is 0 Å². The lowest BCUT2D eigenvalue weighted by Crippen LogP contribution is -2.22. The fourth-order valence-electron chi connectivity index (χ4n) is 3.46. The van der Waals surface area contributed by atoms with Gasteiger partial charge in [-0.05, 0) is 76.2 Å². The highest BCUT2D eigenvalue weighted by Crippen LogP contribution is 2.37. The van der Waals surface area contributed by atoms with Gasteiger partial charge in [0.25, 0.3) is 5.56 Å². The Balaban J connectivity index is 1.51. The zero-order valence-electron chi connectivity index (χ0n) is 16.8. The van der Waals surface area contributed by atoms with Crippen LogP contribution in [0.2, 0.25) is 5.02 Å². The Bertz CT molecular complexity index is 1560. The predicted octanol–water partition coefficient (Wildman–Crippen LogP) is 5.30. The van der Waals surface area contributed by atoms with Crippen molar-refractivity contribution in [3.63, 3.8) is 0 Å². The highest BCUT2D eigenvalue weighted by molar-refractivity contribution is 14.1. The van der Waals surface area contributed by atoms with Gasteiger partial charge in [0, 0.05) is 3.57 Å². The fraction of sp³-hybridized carbons (Fsp3) is 0.0833. The van der Waals surface area contributed by atoms with E-state index in [2.05, 4.69) is 27.6 Å². The lowest BCUT2D eigenvalue weighted by Gasteiger charge is -2.13. The van der Waals surface area contributed by atoms with Crippen molar-refractivity contribution in [1.82, 2.24) is 9.38 Å². The molecular formula is C24H16ClIN2O3S. The summed E-state index contributed by atoms with van der Waals surface area (Å²) in [6, 6.07) is 19.3. The van der Waals surface area contributed by atoms with Crippen LogP contribution < -0.4 is 19.6 Å². The molecule has 0 saturated carbocycles. The number of aromatic nitrogens is 2. The lowest BCUT2D eigenvalue weighted by atomic mass is 10.2. The van der Waals surface area contributed by atoms with Crippen LogP contribution in [-0.4, -0.2) is 16.5 Å². The third-order valence-electron chi connectivity index (χ3n) is 4.99. The van der Waals surface area contributed by atoms with E-state index in [1.165, 1.54) is 11.3 Å². The van der Waals surface area contributed by atoms with Crippen LogP contribution >= 0.6 is 45.5 Å². The second kappa shape index (κ2) is 8.73. The summed E-state index contributed by atoms with van der Waals surface area (Å²) in [5.74, 6) is 0.979. The molecule has 0 fully saturated rings. The number of thiazole rings is 1. The highest BCUT2D eigenvalue weighted by Gasteiger charge is 2.14. The minimum atomic E-state index is -0.104. The van der Waals surface area contributed by atoms with Crippen molar-refractivity contribution in [3.8, 4) is 11.5 Å². The third-order valence-corrected chi connectivity index (χ3v) is 6.96. The van der Waals surface area contributed by atoms with E-state index in [0.717, 1.165) is 25.7 Å². The first-order valence-electron chi connectivity index (χ1n) is 9.70. The lowest BCUT2D eigenvalue weighted by molar-refractivity contribution is 0.284. The van der Waals surface area contributed by atoms with Gasteiger partial charge in [-0.1, -0.05) is 47.2 Å². The van der Waals surface area contributed by atoms with Gasteiger partial charge in [0.15, 0.2) is 16.5 Å². The van der Waals surface area contributed by atoms with Gasteiger partial charge in [0.1, 0.15) is 6.61 Å². The molecule has 0 atom stereocenters. The first kappa shape index (κ1) is 21.2. The molecule has 0 unspecified atom stereocenters. The number of hydrogen-bond acceptors (Lipinski definition) is 5. The molecule has 0 spiro atoms. The number of fused-ring (bicyclic) bond motifs is 3. The SMILES string of the molecule is COc1cc(/C=c2\sc3nc4ccccc4n3c2=O)cc(Cl)c1OCc1ccc(I)cc1. The van der Waals surface area contributed by atoms with Gasteiger partial charge < -0.3 is 9.47 Å². The summed E-state index contributed by atoms with van der Waals surface area (Å²) in [6.45, 7) is 0.371. The molecule has 3 aromatic carbocycles. The second-order valence-corrected chi connectivity index (χ2v) is 9.75. The molecule has 32 heavy (non-hydrogen) atoms. The number of rotatable bonds is 5. The average Bonchev–Trinajstić information content (AvgIpc) is 3.30. The Morgan fingerprint density at radius 3 is 2.72 bits per heavy atom. The zero-order valence-corrected chi connectivity index (χ0v) is 20.6. The van der Waals surface area contributed by atoms with E-state index in [4.69, 9.17) is 21.1 Å². The van der Waals surface area contributed by atoms with Crippen LogP contribution in [0.15, 0.2) is 65.5 Å². The van der Waals surface area contributed by atoms with Gasteiger partial charge in [0.2, 0.25) is 0 Å². The maximum atomic E-state index is 13.0. The first-order chi connectivity index (χ1) is 15.5. The van der Waals surface area contributed by atoms with E-state index < -0.39 is 0 Å². The van der Waals surface area contributed by atoms with Crippen LogP contribution in [-0.2, 0) is 6.61 Å². The first-order valence-corrected chi connectivity index (χ1v) is 12.0. The van der Waals surface area contributed by atoms with E-state index >= 15 is 0 Å². The van der Waals surface area contributed by atoms with Crippen LogP contribution in [0.25, 0.3) is 22.1 Å². The molecule has 0 amide bonds. The minimum Gasteiger partial charge on any atom is -0.493 e. The van der Waals surface area contributed by atoms with Gasteiger partial charge in [-0.15, -0.1) is 0 Å².